The van der Waals surface area contributed by atoms with E-state index in [2.05, 4.69) is 20.7 Å². The highest BCUT2D eigenvalue weighted by Crippen LogP contribution is 2.28. The van der Waals surface area contributed by atoms with Crippen LogP contribution in [0, 0.1) is 0 Å². The summed E-state index contributed by atoms with van der Waals surface area (Å²) < 4.78 is 31.5. The van der Waals surface area contributed by atoms with Gasteiger partial charge in [0.25, 0.3) is 0 Å². The van der Waals surface area contributed by atoms with Gasteiger partial charge < -0.3 is 9.84 Å². The summed E-state index contributed by atoms with van der Waals surface area (Å²) in [5.74, 6) is -0.743. The summed E-state index contributed by atoms with van der Waals surface area (Å²) in [6, 6.07) is 4.89. The van der Waals surface area contributed by atoms with E-state index in [1.54, 1.807) is 18.2 Å². The van der Waals surface area contributed by atoms with Gasteiger partial charge in [0.15, 0.2) is 0 Å². The fraction of sp³-hybridized carbons (Fsp3) is 0.364. The number of aliphatic carboxylic acids is 1. The van der Waals surface area contributed by atoms with Crippen molar-refractivity contribution in [1.82, 2.24) is 0 Å². The van der Waals surface area contributed by atoms with E-state index in [1.807, 2.05) is 0 Å². The number of anilines is 1. The van der Waals surface area contributed by atoms with Gasteiger partial charge in [-0.3, -0.25) is 9.52 Å². The van der Waals surface area contributed by atoms with E-state index in [1.165, 1.54) is 7.11 Å². The lowest BCUT2D eigenvalue weighted by Gasteiger charge is -2.10. The molecule has 1 rings (SSSR count). The molecule has 0 radical (unpaired) electrons. The van der Waals surface area contributed by atoms with Crippen LogP contribution >= 0.6 is 15.9 Å². The third-order valence-electron chi connectivity index (χ3n) is 2.24. The minimum Gasteiger partial charge on any atom is -0.497 e. The van der Waals surface area contributed by atoms with Crippen LogP contribution in [0.2, 0.25) is 0 Å². The first-order chi connectivity index (χ1) is 8.84. The second-order valence-electron chi connectivity index (χ2n) is 3.76. The van der Waals surface area contributed by atoms with Crippen LogP contribution in [0.5, 0.6) is 5.75 Å². The monoisotopic (exact) mass is 351 g/mol. The Hall–Kier alpha value is -1.28. The molecule has 19 heavy (non-hydrogen) atoms. The zero-order chi connectivity index (χ0) is 14.5. The molecule has 0 bridgehead atoms. The number of sulfonamides is 1. The molecule has 0 amide bonds. The molecule has 0 fully saturated rings. The number of carboxylic acid groups (broad SMARTS) is 1. The first kappa shape index (κ1) is 15.8. The first-order valence-corrected chi connectivity index (χ1v) is 7.84. The predicted molar refractivity (Wildman–Crippen MR) is 75.0 cm³/mol. The van der Waals surface area contributed by atoms with Crippen LogP contribution in [0.3, 0.4) is 0 Å². The standard InChI is InChI=1S/C11H14BrNO5S/c1-18-8-4-5-9(12)10(7-8)13-19(16,17)6-2-3-11(14)15/h4-5,7,13H,2-3,6H2,1H3,(H,14,15). The van der Waals surface area contributed by atoms with E-state index < -0.39 is 16.0 Å². The average molecular weight is 352 g/mol. The van der Waals surface area contributed by atoms with E-state index in [4.69, 9.17) is 9.84 Å². The van der Waals surface area contributed by atoms with Gasteiger partial charge in [0.05, 0.1) is 18.6 Å². The van der Waals surface area contributed by atoms with Crippen LogP contribution in [0.15, 0.2) is 22.7 Å². The molecule has 0 atom stereocenters. The molecule has 0 saturated heterocycles. The van der Waals surface area contributed by atoms with Gasteiger partial charge in [-0.05, 0) is 34.5 Å². The lowest BCUT2D eigenvalue weighted by Crippen LogP contribution is -2.17. The molecule has 6 nitrogen and oxygen atoms in total. The zero-order valence-electron chi connectivity index (χ0n) is 10.2. The molecular formula is C11H14BrNO5S. The van der Waals surface area contributed by atoms with Crippen molar-refractivity contribution in [2.75, 3.05) is 17.6 Å². The van der Waals surface area contributed by atoms with Crippen molar-refractivity contribution in [3.8, 4) is 5.75 Å². The Morgan fingerprint density at radius 3 is 2.74 bits per heavy atom. The van der Waals surface area contributed by atoms with Crippen molar-refractivity contribution in [3.63, 3.8) is 0 Å². The summed E-state index contributed by atoms with van der Waals surface area (Å²) in [5, 5.41) is 8.47. The molecule has 106 valence electrons. The number of rotatable bonds is 7. The maximum atomic E-state index is 11.8. The van der Waals surface area contributed by atoms with Gasteiger partial charge in [-0.1, -0.05) is 0 Å². The highest BCUT2D eigenvalue weighted by atomic mass is 79.9. The topological polar surface area (TPSA) is 92.7 Å². The molecule has 0 aromatic heterocycles. The quantitative estimate of drug-likeness (QED) is 0.784. The second-order valence-corrected chi connectivity index (χ2v) is 6.46. The largest absolute Gasteiger partial charge is 0.497 e. The Bertz CT molecular complexity index is 558. The third kappa shape index (κ3) is 5.48. The first-order valence-electron chi connectivity index (χ1n) is 5.40. The number of ether oxygens (including phenoxy) is 1. The molecule has 0 heterocycles. The van der Waals surface area contributed by atoms with Crippen molar-refractivity contribution in [2.45, 2.75) is 12.8 Å². The van der Waals surface area contributed by atoms with Crippen molar-refractivity contribution in [1.29, 1.82) is 0 Å². The van der Waals surface area contributed by atoms with Gasteiger partial charge in [-0.15, -0.1) is 0 Å². The summed E-state index contributed by atoms with van der Waals surface area (Å²) in [4.78, 5) is 10.3. The van der Waals surface area contributed by atoms with Gasteiger partial charge in [0, 0.05) is 17.0 Å². The molecule has 0 aliphatic carbocycles. The average Bonchev–Trinajstić information content (AvgIpc) is 2.31. The Morgan fingerprint density at radius 2 is 2.16 bits per heavy atom. The highest BCUT2D eigenvalue weighted by molar-refractivity contribution is 9.10. The number of halogens is 1. The van der Waals surface area contributed by atoms with Gasteiger partial charge in [-0.2, -0.15) is 0 Å². The number of methoxy groups -OCH3 is 1. The van der Waals surface area contributed by atoms with Crippen LogP contribution in [0.4, 0.5) is 5.69 Å². The highest BCUT2D eigenvalue weighted by Gasteiger charge is 2.13. The van der Waals surface area contributed by atoms with E-state index in [0.29, 0.717) is 15.9 Å². The molecule has 0 aliphatic heterocycles. The number of hydrogen-bond acceptors (Lipinski definition) is 4. The normalized spacial score (nSPS) is 11.1. The Morgan fingerprint density at radius 1 is 1.47 bits per heavy atom. The Labute approximate surface area is 120 Å². The molecular weight excluding hydrogens is 338 g/mol. The fourth-order valence-corrected chi connectivity index (χ4v) is 2.95. The zero-order valence-corrected chi connectivity index (χ0v) is 12.6. The predicted octanol–water partition coefficient (Wildman–Crippen LogP) is 2.06. The molecule has 0 saturated carbocycles. The van der Waals surface area contributed by atoms with Crippen LogP contribution in [-0.2, 0) is 14.8 Å². The van der Waals surface area contributed by atoms with Crippen molar-refractivity contribution < 1.29 is 23.1 Å². The van der Waals surface area contributed by atoms with Gasteiger partial charge in [0.2, 0.25) is 10.0 Å². The maximum absolute atomic E-state index is 11.8. The third-order valence-corrected chi connectivity index (χ3v) is 4.29. The molecule has 8 heteroatoms. The Balaban J connectivity index is 2.74. The minimum atomic E-state index is -3.58. The van der Waals surface area contributed by atoms with Crippen molar-refractivity contribution >= 4 is 37.6 Å². The number of carboxylic acids is 1. The summed E-state index contributed by atoms with van der Waals surface area (Å²) in [5.41, 5.74) is 0.356. The summed E-state index contributed by atoms with van der Waals surface area (Å²) in [6.07, 6.45) is -0.119. The van der Waals surface area contributed by atoms with E-state index in [-0.39, 0.29) is 18.6 Å². The smallest absolute Gasteiger partial charge is 0.303 e. The SMILES string of the molecule is COc1ccc(Br)c(NS(=O)(=O)CCCC(=O)O)c1. The molecule has 0 spiro atoms. The molecule has 1 aromatic rings. The van der Waals surface area contributed by atoms with Gasteiger partial charge in [-0.25, -0.2) is 8.42 Å². The molecule has 0 unspecified atom stereocenters. The second kappa shape index (κ2) is 6.76. The van der Waals surface area contributed by atoms with Crippen LogP contribution in [-0.4, -0.2) is 32.4 Å². The van der Waals surface area contributed by atoms with E-state index in [0.717, 1.165) is 0 Å². The van der Waals surface area contributed by atoms with Crippen LogP contribution in [0.25, 0.3) is 0 Å². The lowest BCUT2D eigenvalue weighted by molar-refractivity contribution is -0.137. The van der Waals surface area contributed by atoms with Gasteiger partial charge in [0.1, 0.15) is 5.75 Å². The summed E-state index contributed by atoms with van der Waals surface area (Å²) in [7, 11) is -2.10. The Kier molecular flexibility index (Phi) is 5.61. The van der Waals surface area contributed by atoms with E-state index in [9.17, 15) is 13.2 Å². The number of hydrogen-bond donors (Lipinski definition) is 2. The minimum absolute atomic E-state index is 0.0618. The summed E-state index contributed by atoms with van der Waals surface area (Å²) in [6.45, 7) is 0. The van der Waals surface area contributed by atoms with Gasteiger partial charge >= 0.3 is 5.97 Å². The lowest BCUT2D eigenvalue weighted by atomic mass is 10.3. The van der Waals surface area contributed by atoms with Crippen LogP contribution in [0.1, 0.15) is 12.8 Å². The maximum Gasteiger partial charge on any atom is 0.303 e. The fourth-order valence-electron chi connectivity index (χ4n) is 1.34. The van der Waals surface area contributed by atoms with Crippen molar-refractivity contribution in [3.05, 3.63) is 22.7 Å². The number of benzene rings is 1. The molecule has 0 aliphatic rings. The van der Waals surface area contributed by atoms with Crippen LogP contribution < -0.4 is 9.46 Å². The van der Waals surface area contributed by atoms with Crippen molar-refractivity contribution in [2.24, 2.45) is 0 Å². The van der Waals surface area contributed by atoms with E-state index >= 15 is 0 Å². The molecule has 1 aromatic carbocycles. The number of carbonyl (C=O) groups is 1. The summed E-state index contributed by atoms with van der Waals surface area (Å²) >= 11 is 3.23. The molecule has 2 N–H and O–H groups in total. The number of nitrogens with one attached hydrogen (secondary N) is 1.